The highest BCUT2D eigenvalue weighted by atomic mass is 16.7. The second kappa shape index (κ2) is 11.1. The number of esters is 4. The minimum absolute atomic E-state index is 0.0226. The number of imidazole rings is 1. The molecule has 0 N–H and O–H groups in total. The van der Waals surface area contributed by atoms with Crippen LogP contribution in [-0.2, 0) is 38.1 Å². The summed E-state index contributed by atoms with van der Waals surface area (Å²) in [7, 11) is 1.17. The molecule has 1 aliphatic heterocycles. The first-order chi connectivity index (χ1) is 18.6. The summed E-state index contributed by atoms with van der Waals surface area (Å²) in [5.41, 5.74) is 8.97. The summed E-state index contributed by atoms with van der Waals surface area (Å²) in [4.78, 5) is 62.5. The Morgan fingerprint density at radius 2 is 1.82 bits per heavy atom. The third-order valence-electron chi connectivity index (χ3n) is 5.24. The molecule has 0 unspecified atom stereocenters. The largest absolute Gasteiger partial charge is 0.464 e. The molecule has 19 heteroatoms. The molecule has 3 aromatic rings. The zero-order valence-corrected chi connectivity index (χ0v) is 20.8. The monoisotopic (exact) mass is 544 g/mol. The van der Waals surface area contributed by atoms with E-state index in [1.807, 2.05) is 0 Å². The van der Waals surface area contributed by atoms with Crippen LogP contribution in [0.2, 0.25) is 0 Å². The Bertz CT molecular complexity index is 1490. The summed E-state index contributed by atoms with van der Waals surface area (Å²) < 4.78 is 28.9. The van der Waals surface area contributed by atoms with Crippen molar-refractivity contribution in [3.8, 4) is 5.95 Å². The van der Waals surface area contributed by atoms with Gasteiger partial charge in [0.25, 0.3) is 5.95 Å². The molecule has 0 bridgehead atoms. The lowest BCUT2D eigenvalue weighted by molar-refractivity contribution is -0.166. The van der Waals surface area contributed by atoms with Crippen molar-refractivity contribution in [3.63, 3.8) is 0 Å². The fourth-order valence-electron chi connectivity index (χ4n) is 3.77. The van der Waals surface area contributed by atoms with Crippen molar-refractivity contribution in [1.29, 1.82) is 0 Å². The molecular weight excluding hydrogens is 524 g/mol. The number of fused-ring (bicyclic) bond motifs is 1. The van der Waals surface area contributed by atoms with Crippen LogP contribution < -0.4 is 0 Å². The first kappa shape index (κ1) is 26.9. The Kier molecular flexibility index (Phi) is 7.63. The topological polar surface area (TPSA) is 237 Å². The van der Waals surface area contributed by atoms with E-state index in [1.165, 1.54) is 31.1 Å². The molecule has 0 spiro atoms. The van der Waals surface area contributed by atoms with Crippen molar-refractivity contribution in [3.05, 3.63) is 28.7 Å². The fourth-order valence-corrected chi connectivity index (χ4v) is 3.77. The minimum atomic E-state index is -1.23. The molecule has 39 heavy (non-hydrogen) atoms. The van der Waals surface area contributed by atoms with Crippen LogP contribution in [0.3, 0.4) is 0 Å². The van der Waals surface area contributed by atoms with E-state index < -0.39 is 48.4 Å². The van der Waals surface area contributed by atoms with E-state index in [9.17, 15) is 19.2 Å². The van der Waals surface area contributed by atoms with Gasteiger partial charge in [0, 0.05) is 25.7 Å². The van der Waals surface area contributed by atoms with E-state index in [4.69, 9.17) is 24.5 Å². The molecule has 4 rings (SSSR count). The molecule has 4 heterocycles. The van der Waals surface area contributed by atoms with Crippen molar-refractivity contribution < 1.29 is 42.9 Å². The lowest BCUT2D eigenvalue weighted by Crippen LogP contribution is -2.40. The minimum Gasteiger partial charge on any atom is -0.464 e. The van der Waals surface area contributed by atoms with Gasteiger partial charge in [0.1, 0.15) is 18.2 Å². The lowest BCUT2D eigenvalue weighted by atomic mass is 10.1. The maximum Gasteiger partial charge on any atom is 0.360 e. The third kappa shape index (κ3) is 5.58. The van der Waals surface area contributed by atoms with Gasteiger partial charge in [0.15, 0.2) is 35.6 Å². The summed E-state index contributed by atoms with van der Waals surface area (Å²) in [6.45, 7) is 3.16. The van der Waals surface area contributed by atoms with Crippen molar-refractivity contribution in [2.45, 2.75) is 45.3 Å². The van der Waals surface area contributed by atoms with E-state index in [0.29, 0.717) is 0 Å². The quantitative estimate of drug-likeness (QED) is 0.123. The van der Waals surface area contributed by atoms with Crippen LogP contribution >= 0.6 is 0 Å². The highest BCUT2D eigenvalue weighted by Crippen LogP contribution is 2.37. The molecule has 1 aliphatic rings. The van der Waals surface area contributed by atoms with Gasteiger partial charge in [0.2, 0.25) is 0 Å². The van der Waals surface area contributed by atoms with Crippen molar-refractivity contribution in [2.75, 3.05) is 13.7 Å². The van der Waals surface area contributed by atoms with Gasteiger partial charge in [0.05, 0.1) is 19.6 Å². The van der Waals surface area contributed by atoms with Crippen LogP contribution in [-0.4, -0.2) is 90.4 Å². The Balaban J connectivity index is 1.84. The van der Waals surface area contributed by atoms with Crippen LogP contribution in [0.15, 0.2) is 17.6 Å². The molecule has 0 radical (unpaired) electrons. The Morgan fingerprint density at radius 1 is 1.10 bits per heavy atom. The SMILES string of the molecule is COC(=O)c1cn(-c2nc(N=[N+]=[N-])c3ncn([C@@H]4O[C@H](COC(C)=O)[C@@H](OC(C)=O)[C@H]4OC(C)=O)c3n2)nn1. The zero-order valence-electron chi connectivity index (χ0n) is 20.8. The molecule has 0 amide bonds. The second-order valence-corrected chi connectivity index (χ2v) is 7.92. The number of azide groups is 1. The van der Waals surface area contributed by atoms with E-state index in [2.05, 4.69) is 40.0 Å². The molecular formula is C20H20N10O9. The normalized spacial score (nSPS) is 20.2. The maximum atomic E-state index is 12.0. The number of ether oxygens (including phenoxy) is 5. The number of nitrogens with zero attached hydrogens (tertiary/aromatic N) is 10. The molecule has 19 nitrogen and oxygen atoms in total. The highest BCUT2D eigenvalue weighted by Gasteiger charge is 2.51. The first-order valence-corrected chi connectivity index (χ1v) is 11.1. The first-order valence-electron chi connectivity index (χ1n) is 11.1. The van der Waals surface area contributed by atoms with Crippen LogP contribution in [0.25, 0.3) is 27.6 Å². The predicted octanol–water partition coefficient (Wildman–Crippen LogP) is 0.459. The van der Waals surface area contributed by atoms with Crippen LogP contribution in [0, 0.1) is 0 Å². The van der Waals surface area contributed by atoms with Crippen LogP contribution in [0.5, 0.6) is 0 Å². The van der Waals surface area contributed by atoms with Crippen molar-refractivity contribution >= 4 is 40.9 Å². The van der Waals surface area contributed by atoms with Gasteiger partial charge in [-0.1, -0.05) is 5.21 Å². The van der Waals surface area contributed by atoms with E-state index >= 15 is 0 Å². The third-order valence-corrected chi connectivity index (χ3v) is 5.24. The Morgan fingerprint density at radius 3 is 2.46 bits per heavy atom. The standard InChI is InChI=1S/C20H20N10O9/c1-8(31)36-6-12-14(37-9(2)32)15(38-10(3)33)18(39-12)29-7-22-13-16(26-27-21)23-20(24-17(13)29)30-5-11(25-28-30)19(34)35-4/h5,7,12,14-15,18H,6H2,1-4H3/t12-,14-,15-,18-/m1/s1. The van der Waals surface area contributed by atoms with Gasteiger partial charge >= 0.3 is 23.9 Å². The Labute approximate surface area is 217 Å². The van der Waals surface area contributed by atoms with Crippen molar-refractivity contribution in [2.24, 2.45) is 5.11 Å². The van der Waals surface area contributed by atoms with E-state index in [1.54, 1.807) is 0 Å². The number of carbonyl (C=O) groups is 4. The number of methoxy groups -OCH3 is 1. The number of hydrogen-bond acceptors (Lipinski definition) is 15. The summed E-state index contributed by atoms with van der Waals surface area (Å²) in [6, 6.07) is 0. The molecule has 3 aromatic heterocycles. The fraction of sp³-hybridized carbons (Fsp3) is 0.450. The van der Waals surface area contributed by atoms with Gasteiger partial charge in [-0.05, 0) is 10.6 Å². The van der Waals surface area contributed by atoms with Gasteiger partial charge in [-0.15, -0.1) is 5.10 Å². The number of aromatic nitrogens is 7. The second-order valence-electron chi connectivity index (χ2n) is 7.92. The van der Waals surface area contributed by atoms with Gasteiger partial charge in [-0.3, -0.25) is 19.0 Å². The number of rotatable bonds is 8. The highest BCUT2D eigenvalue weighted by molar-refractivity contribution is 5.86. The Hall–Kier alpha value is -5.16. The summed E-state index contributed by atoms with van der Waals surface area (Å²) >= 11 is 0. The van der Waals surface area contributed by atoms with Gasteiger partial charge in [-0.2, -0.15) is 9.67 Å². The van der Waals surface area contributed by atoms with E-state index in [-0.39, 0.29) is 35.2 Å². The molecule has 4 atom stereocenters. The molecule has 1 fully saturated rings. The van der Waals surface area contributed by atoms with Gasteiger partial charge in [-0.25, -0.2) is 14.8 Å². The van der Waals surface area contributed by atoms with Gasteiger partial charge < -0.3 is 23.7 Å². The van der Waals surface area contributed by atoms with Crippen LogP contribution in [0.1, 0.15) is 37.5 Å². The number of carbonyl (C=O) groups excluding carboxylic acids is 4. The average Bonchev–Trinajstić information content (AvgIpc) is 3.60. The maximum absolute atomic E-state index is 12.0. The predicted molar refractivity (Wildman–Crippen MR) is 122 cm³/mol. The lowest BCUT2D eigenvalue weighted by Gasteiger charge is -2.23. The summed E-state index contributed by atoms with van der Waals surface area (Å²) in [6.07, 6.45) is -2.21. The molecule has 204 valence electrons. The average molecular weight is 544 g/mol. The molecule has 0 saturated carbocycles. The molecule has 1 saturated heterocycles. The number of hydrogen-bond donors (Lipinski definition) is 0. The molecule has 0 aromatic carbocycles. The van der Waals surface area contributed by atoms with Crippen molar-refractivity contribution in [1.82, 2.24) is 34.5 Å². The summed E-state index contributed by atoms with van der Waals surface area (Å²) in [5, 5.41) is 11.0. The summed E-state index contributed by atoms with van der Waals surface area (Å²) in [5.74, 6) is -3.18. The zero-order chi connectivity index (χ0) is 28.3. The molecule has 0 aliphatic carbocycles. The van der Waals surface area contributed by atoms with Crippen LogP contribution in [0.4, 0.5) is 5.82 Å². The smallest absolute Gasteiger partial charge is 0.360 e. The van der Waals surface area contributed by atoms with E-state index in [0.717, 1.165) is 18.5 Å².